The number of thiazole rings is 1. The Morgan fingerprint density at radius 2 is 2.23 bits per heavy atom. The summed E-state index contributed by atoms with van der Waals surface area (Å²) in [6.45, 7) is 1.86. The zero-order valence-corrected chi connectivity index (χ0v) is 12.8. The minimum absolute atomic E-state index is 0.0241. The van der Waals surface area contributed by atoms with Crippen molar-refractivity contribution in [3.8, 4) is 0 Å². The number of aromatic nitrogens is 2. The van der Waals surface area contributed by atoms with E-state index in [4.69, 9.17) is 4.74 Å². The number of fused-ring (bicyclic) bond motifs is 1. The van der Waals surface area contributed by atoms with Crippen LogP contribution >= 0.6 is 11.3 Å². The summed E-state index contributed by atoms with van der Waals surface area (Å²) in [6, 6.07) is -0.600. The van der Waals surface area contributed by atoms with Gasteiger partial charge < -0.3 is 10.1 Å². The van der Waals surface area contributed by atoms with Gasteiger partial charge in [0.25, 0.3) is 5.91 Å². The van der Waals surface area contributed by atoms with Gasteiger partial charge in [0.1, 0.15) is 0 Å². The Labute approximate surface area is 130 Å². The van der Waals surface area contributed by atoms with Crippen LogP contribution < -0.4 is 10.6 Å². The van der Waals surface area contributed by atoms with Crippen LogP contribution in [0.1, 0.15) is 19.0 Å². The second kappa shape index (κ2) is 7.55. The van der Waals surface area contributed by atoms with Gasteiger partial charge in [-0.2, -0.15) is 0 Å². The molecular formula is C13H16N4O4S. The van der Waals surface area contributed by atoms with E-state index in [1.807, 2.05) is 18.5 Å². The Balaban J connectivity index is 1.72. The number of ether oxygens (including phenoxy) is 1. The number of imide groups is 1. The fourth-order valence-corrected chi connectivity index (χ4v) is 2.37. The number of hydrogen-bond acceptors (Lipinski definition) is 6. The van der Waals surface area contributed by atoms with Gasteiger partial charge in [0.05, 0.1) is 12.1 Å². The molecule has 0 unspecified atom stereocenters. The van der Waals surface area contributed by atoms with Crippen molar-refractivity contribution >= 4 is 34.2 Å². The van der Waals surface area contributed by atoms with Gasteiger partial charge in [-0.3, -0.25) is 19.3 Å². The summed E-state index contributed by atoms with van der Waals surface area (Å²) in [4.78, 5) is 39.3. The van der Waals surface area contributed by atoms with Gasteiger partial charge in [-0.05, 0) is 6.42 Å². The molecule has 9 heteroatoms. The first-order valence-electron chi connectivity index (χ1n) is 6.73. The number of amides is 3. The molecule has 0 saturated carbocycles. The van der Waals surface area contributed by atoms with Crippen molar-refractivity contribution in [3.63, 3.8) is 0 Å². The molecule has 3 amide bonds. The molecular weight excluding hydrogens is 308 g/mol. The van der Waals surface area contributed by atoms with E-state index in [1.54, 1.807) is 10.6 Å². The van der Waals surface area contributed by atoms with Crippen LogP contribution in [0.3, 0.4) is 0 Å². The molecule has 2 N–H and O–H groups in total. The van der Waals surface area contributed by atoms with Gasteiger partial charge in [-0.15, -0.1) is 11.3 Å². The molecule has 0 aliphatic carbocycles. The third kappa shape index (κ3) is 4.55. The number of rotatable bonds is 6. The fraction of sp³-hybridized carbons (Fsp3) is 0.385. The molecule has 0 radical (unpaired) electrons. The van der Waals surface area contributed by atoms with E-state index in [9.17, 15) is 14.4 Å². The molecule has 0 bridgehead atoms. The fourth-order valence-electron chi connectivity index (χ4n) is 1.65. The lowest BCUT2D eigenvalue weighted by molar-refractivity contribution is -0.147. The first kappa shape index (κ1) is 16.0. The molecule has 8 nitrogen and oxygen atoms in total. The van der Waals surface area contributed by atoms with Crippen molar-refractivity contribution in [2.24, 2.45) is 0 Å². The van der Waals surface area contributed by atoms with Gasteiger partial charge in [-0.1, -0.05) is 6.92 Å². The largest absolute Gasteiger partial charge is 0.455 e. The average Bonchev–Trinajstić information content (AvgIpc) is 3.04. The number of carbonyl (C=O) groups excluding carboxylic acids is 3. The third-order valence-electron chi connectivity index (χ3n) is 2.62. The van der Waals surface area contributed by atoms with E-state index in [0.717, 1.165) is 11.4 Å². The van der Waals surface area contributed by atoms with Gasteiger partial charge in [-0.25, -0.2) is 9.78 Å². The highest BCUT2D eigenvalue weighted by atomic mass is 32.1. The van der Waals surface area contributed by atoms with Crippen molar-refractivity contribution in [3.05, 3.63) is 23.5 Å². The highest BCUT2D eigenvalue weighted by Gasteiger charge is 2.13. The molecule has 0 aliphatic rings. The number of carbonyl (C=O) groups is 3. The summed E-state index contributed by atoms with van der Waals surface area (Å²) in [5.74, 6) is -1.25. The molecule has 0 aromatic carbocycles. The monoisotopic (exact) mass is 324 g/mol. The van der Waals surface area contributed by atoms with Crippen LogP contribution in [0.5, 0.6) is 0 Å². The quantitative estimate of drug-likeness (QED) is 0.762. The van der Waals surface area contributed by atoms with Crippen molar-refractivity contribution in [1.29, 1.82) is 0 Å². The maximum Gasteiger partial charge on any atom is 0.321 e. The van der Waals surface area contributed by atoms with E-state index in [0.29, 0.717) is 12.2 Å². The molecule has 0 spiro atoms. The number of imidazole rings is 1. The normalized spacial score (nSPS) is 10.4. The highest BCUT2D eigenvalue weighted by molar-refractivity contribution is 7.15. The maximum absolute atomic E-state index is 11.6. The van der Waals surface area contributed by atoms with Crippen LogP contribution in [-0.4, -0.2) is 40.4 Å². The average molecular weight is 324 g/mol. The molecule has 0 saturated heterocycles. The third-order valence-corrected chi connectivity index (χ3v) is 3.39. The van der Waals surface area contributed by atoms with Crippen LogP contribution in [0.25, 0.3) is 4.96 Å². The summed E-state index contributed by atoms with van der Waals surface area (Å²) in [5, 5.41) is 6.43. The maximum atomic E-state index is 11.6. The number of nitrogens with zero attached hydrogens (tertiary/aromatic N) is 2. The molecule has 2 aromatic heterocycles. The minimum atomic E-state index is -0.673. The number of hydrogen-bond donors (Lipinski definition) is 2. The lowest BCUT2D eigenvalue weighted by Gasteiger charge is -2.06. The van der Waals surface area contributed by atoms with Crippen LogP contribution in [0, 0.1) is 0 Å². The number of esters is 1. The topological polar surface area (TPSA) is 102 Å². The van der Waals surface area contributed by atoms with Crippen LogP contribution in [0.2, 0.25) is 0 Å². The standard InChI is InChI=1S/C13H16N4O4S/c1-2-3-14-12(20)16-10(18)8-21-11(19)6-9-7-17-4-5-22-13(17)15-9/h4-5,7H,2-3,6,8H2,1H3,(H2,14,16,18,20). The van der Waals surface area contributed by atoms with Crippen molar-refractivity contribution in [2.45, 2.75) is 19.8 Å². The Bertz CT molecular complexity index is 650. The number of urea groups is 1. The van der Waals surface area contributed by atoms with Crippen molar-refractivity contribution in [2.75, 3.05) is 13.2 Å². The highest BCUT2D eigenvalue weighted by Crippen LogP contribution is 2.11. The lowest BCUT2D eigenvalue weighted by Crippen LogP contribution is -2.41. The minimum Gasteiger partial charge on any atom is -0.455 e. The van der Waals surface area contributed by atoms with Gasteiger partial charge in [0, 0.05) is 24.3 Å². The van der Waals surface area contributed by atoms with Gasteiger partial charge in [0.2, 0.25) is 0 Å². The second-order valence-electron chi connectivity index (χ2n) is 4.47. The molecule has 0 aliphatic heterocycles. The first-order valence-corrected chi connectivity index (χ1v) is 7.61. The Hall–Kier alpha value is -2.42. The smallest absolute Gasteiger partial charge is 0.321 e. The van der Waals surface area contributed by atoms with E-state index in [-0.39, 0.29) is 6.42 Å². The molecule has 2 aromatic rings. The zero-order chi connectivity index (χ0) is 15.9. The summed E-state index contributed by atoms with van der Waals surface area (Å²) in [5.41, 5.74) is 0.568. The predicted octanol–water partition coefficient (Wildman–Crippen LogP) is 0.717. The van der Waals surface area contributed by atoms with E-state index < -0.39 is 24.5 Å². The van der Waals surface area contributed by atoms with Crippen LogP contribution in [0.15, 0.2) is 17.8 Å². The second-order valence-corrected chi connectivity index (χ2v) is 5.34. The molecule has 2 rings (SSSR count). The summed E-state index contributed by atoms with van der Waals surface area (Å²) < 4.78 is 6.61. The van der Waals surface area contributed by atoms with Gasteiger partial charge in [0.15, 0.2) is 11.6 Å². The molecule has 0 fully saturated rings. The molecule has 2 heterocycles. The Morgan fingerprint density at radius 1 is 1.41 bits per heavy atom. The molecule has 22 heavy (non-hydrogen) atoms. The van der Waals surface area contributed by atoms with Gasteiger partial charge >= 0.3 is 12.0 Å². The SMILES string of the molecule is CCCNC(=O)NC(=O)COC(=O)Cc1cn2ccsc2n1. The summed E-state index contributed by atoms with van der Waals surface area (Å²) in [6.07, 6.45) is 4.30. The van der Waals surface area contributed by atoms with E-state index >= 15 is 0 Å². The van der Waals surface area contributed by atoms with Crippen molar-refractivity contribution < 1.29 is 19.1 Å². The molecule has 0 atom stereocenters. The summed E-state index contributed by atoms with van der Waals surface area (Å²) >= 11 is 1.46. The predicted molar refractivity (Wildman–Crippen MR) is 79.6 cm³/mol. The Kier molecular flexibility index (Phi) is 5.48. The van der Waals surface area contributed by atoms with Crippen molar-refractivity contribution in [1.82, 2.24) is 20.0 Å². The van der Waals surface area contributed by atoms with E-state index in [1.165, 1.54) is 11.3 Å². The van der Waals surface area contributed by atoms with Crippen LogP contribution in [-0.2, 0) is 20.7 Å². The van der Waals surface area contributed by atoms with E-state index in [2.05, 4.69) is 15.6 Å². The lowest BCUT2D eigenvalue weighted by atomic mass is 10.3. The zero-order valence-electron chi connectivity index (χ0n) is 12.0. The first-order chi connectivity index (χ1) is 10.6. The summed E-state index contributed by atoms with van der Waals surface area (Å²) in [7, 11) is 0. The molecule has 118 valence electrons. The van der Waals surface area contributed by atoms with Crippen LogP contribution in [0.4, 0.5) is 4.79 Å². The Morgan fingerprint density at radius 3 is 2.95 bits per heavy atom. The number of nitrogens with one attached hydrogen (secondary N) is 2.